The number of esters is 1. The van der Waals surface area contributed by atoms with Crippen molar-refractivity contribution in [2.24, 2.45) is 11.8 Å². The molecule has 0 aromatic heterocycles. The second-order valence-corrected chi connectivity index (χ2v) is 7.57. The number of ether oxygens (including phenoxy) is 1. The number of hydrogen-bond donors (Lipinski definition) is 0. The average Bonchev–Trinajstić information content (AvgIpc) is 3.03. The molecule has 3 rings (SSSR count). The molecule has 1 aromatic rings. The standard InChI is InChI=1S/C20H25ClN2O4/c1-3-27-20(26)14-5-4-9-22(12-14)18(24)15-8-10-23(19(15)25)17-7-6-13(2)11-16(17)21/h6-7,11,14-15H,3-5,8-10,12H2,1-2H3. The van der Waals surface area contributed by atoms with Crippen molar-refractivity contribution in [3.8, 4) is 0 Å². The smallest absolute Gasteiger partial charge is 0.310 e. The molecule has 0 radical (unpaired) electrons. The number of halogens is 1. The maximum Gasteiger partial charge on any atom is 0.310 e. The zero-order valence-electron chi connectivity index (χ0n) is 15.7. The molecule has 0 aliphatic carbocycles. The first-order chi connectivity index (χ1) is 12.9. The van der Waals surface area contributed by atoms with Gasteiger partial charge in [-0.25, -0.2) is 0 Å². The monoisotopic (exact) mass is 392 g/mol. The number of anilines is 1. The van der Waals surface area contributed by atoms with E-state index in [0.29, 0.717) is 49.8 Å². The molecule has 0 spiro atoms. The molecular formula is C20H25ClN2O4. The van der Waals surface area contributed by atoms with E-state index >= 15 is 0 Å². The fourth-order valence-electron chi connectivity index (χ4n) is 3.83. The highest BCUT2D eigenvalue weighted by Crippen LogP contribution is 2.33. The van der Waals surface area contributed by atoms with Gasteiger partial charge in [0.25, 0.3) is 0 Å². The highest BCUT2D eigenvalue weighted by atomic mass is 35.5. The summed E-state index contributed by atoms with van der Waals surface area (Å²) < 4.78 is 5.09. The lowest BCUT2D eigenvalue weighted by atomic mass is 9.96. The van der Waals surface area contributed by atoms with Crippen LogP contribution in [0.15, 0.2) is 18.2 Å². The summed E-state index contributed by atoms with van der Waals surface area (Å²) in [4.78, 5) is 41.1. The number of rotatable bonds is 4. The molecule has 7 heteroatoms. The zero-order chi connectivity index (χ0) is 19.6. The van der Waals surface area contributed by atoms with Crippen LogP contribution in [0.25, 0.3) is 0 Å². The van der Waals surface area contributed by atoms with Gasteiger partial charge in [0, 0.05) is 19.6 Å². The second-order valence-electron chi connectivity index (χ2n) is 7.16. The van der Waals surface area contributed by atoms with Crippen LogP contribution in [0.1, 0.15) is 31.7 Å². The Hall–Kier alpha value is -2.08. The Morgan fingerprint density at radius 3 is 2.74 bits per heavy atom. The van der Waals surface area contributed by atoms with Crippen LogP contribution in [-0.2, 0) is 19.1 Å². The highest BCUT2D eigenvalue weighted by Gasteiger charge is 2.41. The van der Waals surface area contributed by atoms with Crippen LogP contribution < -0.4 is 4.90 Å². The molecule has 0 bridgehead atoms. The molecule has 146 valence electrons. The Labute approximate surface area is 164 Å². The first-order valence-electron chi connectivity index (χ1n) is 9.45. The molecule has 2 saturated heterocycles. The molecule has 2 aliphatic rings. The van der Waals surface area contributed by atoms with Crippen molar-refractivity contribution >= 4 is 35.1 Å². The van der Waals surface area contributed by atoms with Crippen LogP contribution in [-0.4, -0.2) is 48.9 Å². The first kappa shape index (κ1) is 19.7. The molecule has 2 fully saturated rings. The summed E-state index contributed by atoms with van der Waals surface area (Å²) >= 11 is 6.29. The van der Waals surface area contributed by atoms with Gasteiger partial charge >= 0.3 is 5.97 Å². The van der Waals surface area contributed by atoms with Crippen molar-refractivity contribution in [3.05, 3.63) is 28.8 Å². The Kier molecular flexibility index (Phi) is 6.05. The Morgan fingerprint density at radius 2 is 2.04 bits per heavy atom. The predicted octanol–water partition coefficient (Wildman–Crippen LogP) is 2.80. The topological polar surface area (TPSA) is 66.9 Å². The van der Waals surface area contributed by atoms with E-state index < -0.39 is 5.92 Å². The molecule has 27 heavy (non-hydrogen) atoms. The summed E-state index contributed by atoms with van der Waals surface area (Å²) in [5.41, 5.74) is 1.66. The number of amides is 2. The van der Waals surface area contributed by atoms with E-state index in [1.165, 1.54) is 0 Å². The number of carbonyl (C=O) groups is 3. The number of carbonyl (C=O) groups excluding carboxylic acids is 3. The quantitative estimate of drug-likeness (QED) is 0.583. The summed E-state index contributed by atoms with van der Waals surface area (Å²) in [6.45, 7) is 5.40. The van der Waals surface area contributed by atoms with Gasteiger partial charge in [-0.3, -0.25) is 14.4 Å². The molecule has 6 nitrogen and oxygen atoms in total. The molecule has 0 saturated carbocycles. The largest absolute Gasteiger partial charge is 0.466 e. The summed E-state index contributed by atoms with van der Waals surface area (Å²) in [5.74, 6) is -1.69. The van der Waals surface area contributed by atoms with Crippen LogP contribution in [0.2, 0.25) is 5.02 Å². The lowest BCUT2D eigenvalue weighted by molar-refractivity contribution is -0.152. The maximum atomic E-state index is 12.9. The summed E-state index contributed by atoms with van der Waals surface area (Å²) in [5, 5.41) is 0.511. The van der Waals surface area contributed by atoms with Gasteiger partial charge in [-0.2, -0.15) is 0 Å². The summed E-state index contributed by atoms with van der Waals surface area (Å²) in [6, 6.07) is 5.53. The number of likely N-dealkylation sites (tertiary alicyclic amines) is 1. The van der Waals surface area contributed by atoms with Crippen molar-refractivity contribution in [2.75, 3.05) is 31.1 Å². The van der Waals surface area contributed by atoms with Gasteiger partial charge in [-0.1, -0.05) is 17.7 Å². The molecule has 2 unspecified atom stereocenters. The van der Waals surface area contributed by atoms with Gasteiger partial charge in [0.15, 0.2) is 0 Å². The zero-order valence-corrected chi connectivity index (χ0v) is 16.5. The lowest BCUT2D eigenvalue weighted by Gasteiger charge is -2.32. The maximum absolute atomic E-state index is 12.9. The third-order valence-corrected chi connectivity index (χ3v) is 5.55. The lowest BCUT2D eigenvalue weighted by Crippen LogP contribution is -2.46. The van der Waals surface area contributed by atoms with Crippen molar-refractivity contribution in [3.63, 3.8) is 0 Å². The highest BCUT2D eigenvalue weighted by molar-refractivity contribution is 6.34. The number of piperidine rings is 1. The van der Waals surface area contributed by atoms with Crippen LogP contribution in [0, 0.1) is 18.8 Å². The van der Waals surface area contributed by atoms with E-state index in [1.807, 2.05) is 25.1 Å². The molecule has 2 aliphatic heterocycles. The minimum absolute atomic E-state index is 0.195. The second kappa shape index (κ2) is 8.30. The van der Waals surface area contributed by atoms with Crippen LogP contribution in [0.4, 0.5) is 5.69 Å². The third-order valence-electron chi connectivity index (χ3n) is 5.25. The SMILES string of the molecule is CCOC(=O)C1CCCN(C(=O)C2CCN(c3ccc(C)cc3Cl)C2=O)C1. The molecule has 2 heterocycles. The predicted molar refractivity (Wildman–Crippen MR) is 103 cm³/mol. The van der Waals surface area contributed by atoms with Crippen LogP contribution in [0.5, 0.6) is 0 Å². The summed E-state index contributed by atoms with van der Waals surface area (Å²) in [7, 11) is 0. The van der Waals surface area contributed by atoms with E-state index in [0.717, 1.165) is 12.0 Å². The van der Waals surface area contributed by atoms with Crippen molar-refractivity contribution in [1.82, 2.24) is 4.90 Å². The minimum Gasteiger partial charge on any atom is -0.466 e. The molecule has 2 atom stereocenters. The number of nitrogens with zero attached hydrogens (tertiary/aromatic N) is 2. The first-order valence-corrected chi connectivity index (χ1v) is 9.83. The normalized spacial score (nSPS) is 22.9. The Bertz CT molecular complexity index is 751. The van der Waals surface area contributed by atoms with Gasteiger partial charge in [-0.15, -0.1) is 0 Å². The minimum atomic E-state index is -0.705. The van der Waals surface area contributed by atoms with Gasteiger partial charge in [0.1, 0.15) is 5.92 Å². The van der Waals surface area contributed by atoms with Crippen LogP contribution >= 0.6 is 11.6 Å². The van der Waals surface area contributed by atoms with Gasteiger partial charge < -0.3 is 14.5 Å². The van der Waals surface area contributed by atoms with Gasteiger partial charge in [0.05, 0.1) is 23.2 Å². The van der Waals surface area contributed by atoms with Crippen molar-refractivity contribution in [2.45, 2.75) is 33.1 Å². The van der Waals surface area contributed by atoms with E-state index in [-0.39, 0.29) is 23.7 Å². The van der Waals surface area contributed by atoms with E-state index in [1.54, 1.807) is 16.7 Å². The fourth-order valence-corrected chi connectivity index (χ4v) is 4.17. The van der Waals surface area contributed by atoms with Crippen molar-refractivity contribution in [1.29, 1.82) is 0 Å². The Balaban J connectivity index is 1.69. The molecule has 0 N–H and O–H groups in total. The van der Waals surface area contributed by atoms with E-state index in [2.05, 4.69) is 0 Å². The average molecular weight is 393 g/mol. The number of hydrogen-bond acceptors (Lipinski definition) is 4. The Morgan fingerprint density at radius 1 is 1.26 bits per heavy atom. The van der Waals surface area contributed by atoms with E-state index in [4.69, 9.17) is 16.3 Å². The van der Waals surface area contributed by atoms with Gasteiger partial charge in [0.2, 0.25) is 11.8 Å². The van der Waals surface area contributed by atoms with Crippen molar-refractivity contribution < 1.29 is 19.1 Å². The fraction of sp³-hybridized carbons (Fsp3) is 0.550. The summed E-state index contributed by atoms with van der Waals surface area (Å²) in [6.07, 6.45) is 1.92. The third kappa shape index (κ3) is 4.10. The number of aryl methyl sites for hydroxylation is 1. The molecule has 1 aromatic carbocycles. The molecule has 2 amide bonds. The van der Waals surface area contributed by atoms with Gasteiger partial charge in [-0.05, 0) is 50.8 Å². The van der Waals surface area contributed by atoms with E-state index in [9.17, 15) is 14.4 Å². The number of benzene rings is 1. The molecular weight excluding hydrogens is 368 g/mol. The van der Waals surface area contributed by atoms with Crippen LogP contribution in [0.3, 0.4) is 0 Å².